The lowest BCUT2D eigenvalue weighted by Gasteiger charge is -1.76. The third-order valence-corrected chi connectivity index (χ3v) is 2.99. The minimum atomic E-state index is -1.60. The molecule has 3 N–H and O–H groups in total. The Bertz CT molecular complexity index is 316. The SMILES string of the molecule is C.CCC.CCC.CCC.C[SiH2]C.C[SiH2]C.C[SiH2]C.C[SiH](C)O.C[SiH](C)O.C[SiH](C)O.C[Si](=O)[SiH]=O.C[Si](=O)[SiH]=O. The molecule has 0 radical (unpaired) electrons. The molecule has 0 aliphatic rings. The monoisotopic (exact) mass is 764 g/mol. The number of rotatable bonds is 2. The van der Waals surface area contributed by atoms with Crippen LogP contribution in [0.4, 0.5) is 0 Å². The van der Waals surface area contributed by atoms with Crippen LogP contribution < -0.4 is 0 Å². The van der Waals surface area contributed by atoms with Gasteiger partial charge in [-0.3, -0.25) is 0 Å². The van der Waals surface area contributed by atoms with Crippen LogP contribution in [0.15, 0.2) is 0 Å². The van der Waals surface area contributed by atoms with Gasteiger partial charge in [-0.05, 0) is 52.4 Å². The van der Waals surface area contributed by atoms with Crippen LogP contribution in [0.5, 0.6) is 0 Å². The van der Waals surface area contributed by atoms with Crippen LogP contribution in [0.25, 0.3) is 0 Å². The van der Waals surface area contributed by atoms with Gasteiger partial charge in [0.15, 0.2) is 27.1 Å². The molecule has 0 unspecified atom stereocenters. The van der Waals surface area contributed by atoms with Crippen LogP contribution in [0, 0.1) is 0 Å². The molecule has 0 rings (SSSR count). The van der Waals surface area contributed by atoms with Gasteiger partial charge in [-0.15, -0.1) is 0 Å². The van der Waals surface area contributed by atoms with Crippen molar-refractivity contribution in [1.82, 2.24) is 0 Å². The van der Waals surface area contributed by atoms with Gasteiger partial charge in [-0.1, -0.05) is 108 Å². The third-order valence-electron chi connectivity index (χ3n) is 0.332. The van der Waals surface area contributed by atoms with Gasteiger partial charge in [-0.25, -0.2) is 0 Å². The van der Waals surface area contributed by atoms with Gasteiger partial charge < -0.3 is 32.2 Å². The average molecular weight is 766 g/mol. The molecule has 0 bridgehead atoms. The summed E-state index contributed by atoms with van der Waals surface area (Å²) < 4.78 is 38.3. The molecular formula is C24H84O7Si10. The Morgan fingerprint density at radius 1 is 0.512 bits per heavy atom. The molecule has 0 atom stereocenters. The van der Waals surface area contributed by atoms with Crippen molar-refractivity contribution in [2.75, 3.05) is 0 Å². The predicted molar refractivity (Wildman–Crippen MR) is 219 cm³/mol. The first-order chi connectivity index (χ1) is 18.2. The average Bonchev–Trinajstić information content (AvgIpc) is 2.76. The highest BCUT2D eigenvalue weighted by atomic mass is 29.2. The molecule has 17 heteroatoms. The summed E-state index contributed by atoms with van der Waals surface area (Å²) in [5.41, 5.74) is 0. The Hall–Kier alpha value is 1.25. The fourth-order valence-electron chi connectivity index (χ4n) is 0. The van der Waals surface area contributed by atoms with Crippen LogP contribution in [-0.4, -0.2) is 104 Å². The van der Waals surface area contributed by atoms with E-state index in [1.54, 1.807) is 0 Å². The minimum absolute atomic E-state index is 0. The maximum Gasteiger partial charge on any atom is 0.319 e. The van der Waals surface area contributed by atoms with Crippen molar-refractivity contribution < 1.29 is 32.2 Å². The molecule has 0 aromatic heterocycles. The molecule has 0 saturated heterocycles. The zero-order valence-corrected chi connectivity index (χ0v) is 43.1. The van der Waals surface area contributed by atoms with Crippen molar-refractivity contribution in [3.05, 3.63) is 0 Å². The van der Waals surface area contributed by atoms with Gasteiger partial charge in [0.05, 0.1) is 0 Å². The summed E-state index contributed by atoms with van der Waals surface area (Å²) in [6, 6.07) is 0. The maximum atomic E-state index is 9.72. The summed E-state index contributed by atoms with van der Waals surface area (Å²) in [5.74, 6) is 0. The van der Waals surface area contributed by atoms with E-state index in [4.69, 9.17) is 14.4 Å². The van der Waals surface area contributed by atoms with Gasteiger partial charge in [0.2, 0.25) is 0 Å². The third kappa shape index (κ3) is 2310. The van der Waals surface area contributed by atoms with Crippen molar-refractivity contribution in [2.45, 2.75) is 160 Å². The van der Waals surface area contributed by atoms with E-state index in [-0.39, 0.29) is 7.43 Å². The topological polar surface area (TPSA) is 129 Å². The van der Waals surface area contributed by atoms with E-state index in [0.29, 0.717) is 28.6 Å². The van der Waals surface area contributed by atoms with E-state index in [1.165, 1.54) is 32.4 Å². The van der Waals surface area contributed by atoms with Crippen molar-refractivity contribution in [3.8, 4) is 0 Å². The second kappa shape index (κ2) is 114. The summed E-state index contributed by atoms with van der Waals surface area (Å²) in [6.45, 7) is 40.5. The summed E-state index contributed by atoms with van der Waals surface area (Å²) in [7, 11) is -7.30. The molecule has 0 saturated carbocycles. The molecule has 262 valence electrons. The quantitative estimate of drug-likeness (QED) is 0.361. The Balaban J connectivity index is -0.0000000227. The van der Waals surface area contributed by atoms with E-state index < -0.39 is 61.4 Å². The molecule has 0 aliphatic carbocycles. The fraction of sp³-hybridized carbons (Fsp3) is 1.00. The molecule has 0 aromatic carbocycles. The summed E-state index contributed by atoms with van der Waals surface area (Å²) in [4.78, 5) is 24.6. The van der Waals surface area contributed by atoms with Crippen molar-refractivity contribution in [2.24, 2.45) is 0 Å². The Morgan fingerprint density at radius 2 is 0.537 bits per heavy atom. The Labute approximate surface area is 280 Å². The summed E-state index contributed by atoms with van der Waals surface area (Å²) >= 11 is 0. The van der Waals surface area contributed by atoms with E-state index >= 15 is 0 Å². The summed E-state index contributed by atoms with van der Waals surface area (Å²) in [6.07, 6.45) is 3.75. The normalized spacial score (nSPS) is 6.88. The van der Waals surface area contributed by atoms with Gasteiger partial charge in [0, 0.05) is 28.6 Å². The molecule has 41 heavy (non-hydrogen) atoms. The highest BCUT2D eigenvalue weighted by molar-refractivity contribution is 6.96. The molecule has 0 amide bonds. The lowest BCUT2D eigenvalue weighted by atomic mass is 10.6. The second-order valence-corrected chi connectivity index (χ2v) is 29.0. The molecule has 0 heterocycles. The van der Waals surface area contributed by atoms with Crippen molar-refractivity contribution >= 4 is 89.9 Å². The fourth-order valence-corrected chi connectivity index (χ4v) is 0. The van der Waals surface area contributed by atoms with Crippen LogP contribution in [-0.2, 0) is 17.8 Å². The Morgan fingerprint density at radius 3 is 0.537 bits per heavy atom. The molecule has 0 aromatic rings. The van der Waals surface area contributed by atoms with Crippen LogP contribution in [0.2, 0.25) is 91.7 Å². The predicted octanol–water partition coefficient (Wildman–Crippen LogP) is 4.16. The van der Waals surface area contributed by atoms with Gasteiger partial charge in [0.25, 0.3) is 0 Å². The zero-order valence-electron chi connectivity index (χ0n) is 31.1. The lowest BCUT2D eigenvalue weighted by molar-refractivity contribution is 0.559. The maximum absolute atomic E-state index is 9.72. The van der Waals surface area contributed by atoms with Crippen molar-refractivity contribution in [3.63, 3.8) is 0 Å². The van der Waals surface area contributed by atoms with Crippen LogP contribution in [0.3, 0.4) is 0 Å². The van der Waals surface area contributed by atoms with E-state index in [0.717, 1.165) is 0 Å². The van der Waals surface area contributed by atoms with E-state index in [9.17, 15) is 17.8 Å². The highest BCUT2D eigenvalue weighted by Crippen LogP contribution is 1.61. The summed E-state index contributed by atoms with van der Waals surface area (Å²) in [5, 5.41) is 0. The van der Waals surface area contributed by atoms with Crippen LogP contribution in [0.1, 0.15) is 68.2 Å². The molecular weight excluding hydrogens is 681 g/mol. The van der Waals surface area contributed by atoms with Gasteiger partial charge in [-0.2, -0.15) is 0 Å². The molecule has 7 nitrogen and oxygen atoms in total. The van der Waals surface area contributed by atoms with E-state index in [1.807, 2.05) is 39.3 Å². The molecule has 0 fully saturated rings. The molecule has 0 spiro atoms. The first-order valence-electron chi connectivity index (χ1n) is 15.2. The lowest BCUT2D eigenvalue weighted by Crippen LogP contribution is -1.93. The number of hydrogen-bond donors (Lipinski definition) is 3. The first-order valence-corrected chi connectivity index (χ1v) is 40.5. The molecule has 0 aliphatic heterocycles. The number of hydrogen-bond acceptors (Lipinski definition) is 7. The van der Waals surface area contributed by atoms with E-state index in [2.05, 4.69) is 80.8 Å². The largest absolute Gasteiger partial charge is 0.435 e. The second-order valence-electron chi connectivity index (χ2n) is 8.98. The van der Waals surface area contributed by atoms with Gasteiger partial charge in [0.1, 0.15) is 0 Å². The van der Waals surface area contributed by atoms with Crippen LogP contribution >= 0.6 is 0 Å². The zero-order chi connectivity index (χ0) is 35.5. The smallest absolute Gasteiger partial charge is 0.319 e. The Kier molecular flexibility index (Phi) is 218. The first kappa shape index (κ1) is 78.6. The standard InChI is InChI=1S/3C3H8.3C2H8OSi.3C2H8Si.2CH4O2Si2.CH4/c3*1-3-2;3*1-4(2)3;3*1-3-2;2*1-5(3)4-2;/h3*3H2,1-2H3;3*3-4H,1-2H3;3*3H2,1-2H3;2*4H,1H3;1H4. The van der Waals surface area contributed by atoms with Crippen molar-refractivity contribution in [1.29, 1.82) is 0 Å². The van der Waals surface area contributed by atoms with Gasteiger partial charge >= 0.3 is 34.2 Å². The minimum Gasteiger partial charge on any atom is -0.435 e. The highest BCUT2D eigenvalue weighted by Gasteiger charge is 1.85.